The van der Waals surface area contributed by atoms with Gasteiger partial charge < -0.3 is 10.1 Å². The third-order valence-electron chi connectivity index (χ3n) is 4.34. The Labute approximate surface area is 130 Å². The van der Waals surface area contributed by atoms with Gasteiger partial charge >= 0.3 is 0 Å². The zero-order valence-corrected chi connectivity index (χ0v) is 13.7. The number of hydrogen-bond acceptors (Lipinski definition) is 2. The Morgan fingerprint density at radius 1 is 1.14 bits per heavy atom. The van der Waals surface area contributed by atoms with Gasteiger partial charge in [0.25, 0.3) is 0 Å². The molecule has 118 valence electrons. The van der Waals surface area contributed by atoms with Crippen molar-refractivity contribution in [3.05, 3.63) is 29.8 Å². The molecule has 0 aliphatic heterocycles. The second-order valence-electron chi connectivity index (χ2n) is 6.36. The molecule has 0 spiro atoms. The van der Waals surface area contributed by atoms with Crippen LogP contribution in [0.4, 0.5) is 0 Å². The number of ether oxygens (including phenoxy) is 1. The van der Waals surface area contributed by atoms with Crippen molar-refractivity contribution < 1.29 is 4.74 Å². The van der Waals surface area contributed by atoms with E-state index in [-0.39, 0.29) is 0 Å². The van der Waals surface area contributed by atoms with Crippen LogP contribution in [0.25, 0.3) is 0 Å². The number of rotatable bonds is 11. The van der Waals surface area contributed by atoms with E-state index in [1.807, 2.05) is 0 Å². The molecule has 0 amide bonds. The van der Waals surface area contributed by atoms with Crippen LogP contribution in [-0.2, 0) is 6.54 Å². The molecule has 1 aliphatic carbocycles. The fourth-order valence-corrected chi connectivity index (χ4v) is 2.66. The largest absolute Gasteiger partial charge is 0.494 e. The molecule has 0 aromatic heterocycles. The second-order valence-corrected chi connectivity index (χ2v) is 6.36. The second kappa shape index (κ2) is 9.09. The minimum absolute atomic E-state index is 0.683. The first-order valence-electron chi connectivity index (χ1n) is 8.77. The van der Waals surface area contributed by atoms with Gasteiger partial charge in [0.15, 0.2) is 0 Å². The molecule has 21 heavy (non-hydrogen) atoms. The predicted molar refractivity (Wildman–Crippen MR) is 89.7 cm³/mol. The van der Waals surface area contributed by atoms with E-state index in [4.69, 9.17) is 4.74 Å². The van der Waals surface area contributed by atoms with Crippen LogP contribution < -0.4 is 10.1 Å². The standard InChI is InChI=1S/C19H31NO/c1-3-5-6-13-21-19-11-9-17(10-12-19)15-20-18(4-2)14-16-7-8-16/h9-12,16,18,20H,3-8,13-15H2,1-2H3. The van der Waals surface area contributed by atoms with Gasteiger partial charge in [-0.15, -0.1) is 0 Å². The van der Waals surface area contributed by atoms with E-state index in [0.29, 0.717) is 6.04 Å². The van der Waals surface area contributed by atoms with Gasteiger partial charge in [-0.3, -0.25) is 0 Å². The van der Waals surface area contributed by atoms with Crippen LogP contribution in [0.15, 0.2) is 24.3 Å². The Bertz CT molecular complexity index is 383. The predicted octanol–water partition coefficient (Wildman–Crippen LogP) is 4.92. The summed E-state index contributed by atoms with van der Waals surface area (Å²) in [5.74, 6) is 2.00. The lowest BCUT2D eigenvalue weighted by molar-refractivity contribution is 0.306. The van der Waals surface area contributed by atoms with Crippen LogP contribution >= 0.6 is 0 Å². The number of benzene rings is 1. The zero-order chi connectivity index (χ0) is 14.9. The summed E-state index contributed by atoms with van der Waals surface area (Å²) in [6, 6.07) is 9.26. The first-order chi connectivity index (χ1) is 10.3. The maximum atomic E-state index is 5.75. The quantitative estimate of drug-likeness (QED) is 0.584. The lowest BCUT2D eigenvalue weighted by Gasteiger charge is -2.16. The Morgan fingerprint density at radius 3 is 2.52 bits per heavy atom. The maximum absolute atomic E-state index is 5.75. The van der Waals surface area contributed by atoms with Gasteiger partial charge in [0, 0.05) is 12.6 Å². The average Bonchev–Trinajstić information content (AvgIpc) is 3.33. The van der Waals surface area contributed by atoms with Crippen molar-refractivity contribution in [1.82, 2.24) is 5.32 Å². The molecule has 1 aliphatic rings. The molecule has 2 rings (SSSR count). The zero-order valence-electron chi connectivity index (χ0n) is 13.7. The van der Waals surface area contributed by atoms with Gasteiger partial charge in [-0.2, -0.15) is 0 Å². The maximum Gasteiger partial charge on any atom is 0.119 e. The number of unbranched alkanes of at least 4 members (excludes halogenated alkanes) is 2. The van der Waals surface area contributed by atoms with E-state index >= 15 is 0 Å². The van der Waals surface area contributed by atoms with Gasteiger partial charge in [0.1, 0.15) is 5.75 Å². The molecule has 0 radical (unpaired) electrons. The van der Waals surface area contributed by atoms with E-state index in [1.54, 1.807) is 0 Å². The van der Waals surface area contributed by atoms with Crippen LogP contribution in [-0.4, -0.2) is 12.6 Å². The van der Waals surface area contributed by atoms with E-state index in [9.17, 15) is 0 Å². The van der Waals surface area contributed by atoms with Gasteiger partial charge in [-0.05, 0) is 42.9 Å². The smallest absolute Gasteiger partial charge is 0.119 e. The highest BCUT2D eigenvalue weighted by atomic mass is 16.5. The highest BCUT2D eigenvalue weighted by Gasteiger charge is 2.24. The summed E-state index contributed by atoms with van der Waals surface area (Å²) < 4.78 is 5.75. The van der Waals surface area contributed by atoms with Gasteiger partial charge in [0.05, 0.1) is 6.61 Å². The van der Waals surface area contributed by atoms with Crippen molar-refractivity contribution in [2.45, 2.75) is 71.4 Å². The highest BCUT2D eigenvalue weighted by molar-refractivity contribution is 5.27. The third-order valence-corrected chi connectivity index (χ3v) is 4.34. The molecular weight excluding hydrogens is 258 g/mol. The minimum atomic E-state index is 0.683. The first-order valence-corrected chi connectivity index (χ1v) is 8.77. The fourth-order valence-electron chi connectivity index (χ4n) is 2.66. The summed E-state index contributed by atoms with van der Waals surface area (Å²) in [6.07, 6.45) is 9.13. The van der Waals surface area contributed by atoms with Crippen molar-refractivity contribution in [2.75, 3.05) is 6.61 Å². The average molecular weight is 289 g/mol. The molecule has 0 saturated heterocycles. The molecule has 0 bridgehead atoms. The normalized spacial score (nSPS) is 15.9. The molecule has 1 N–H and O–H groups in total. The van der Waals surface area contributed by atoms with Gasteiger partial charge in [-0.25, -0.2) is 0 Å². The lowest BCUT2D eigenvalue weighted by atomic mass is 10.1. The summed E-state index contributed by atoms with van der Waals surface area (Å²) in [4.78, 5) is 0. The highest BCUT2D eigenvalue weighted by Crippen LogP contribution is 2.34. The molecule has 0 heterocycles. The molecule has 2 nitrogen and oxygen atoms in total. The Hall–Kier alpha value is -1.02. The van der Waals surface area contributed by atoms with Crippen molar-refractivity contribution >= 4 is 0 Å². The van der Waals surface area contributed by atoms with Crippen molar-refractivity contribution in [2.24, 2.45) is 5.92 Å². The Balaban J connectivity index is 1.68. The molecule has 1 atom stereocenters. The topological polar surface area (TPSA) is 21.3 Å². The number of nitrogens with one attached hydrogen (secondary N) is 1. The molecule has 1 saturated carbocycles. The summed E-state index contributed by atoms with van der Waals surface area (Å²) in [5.41, 5.74) is 1.35. The van der Waals surface area contributed by atoms with Crippen LogP contribution in [0.3, 0.4) is 0 Å². The van der Waals surface area contributed by atoms with Crippen molar-refractivity contribution in [3.63, 3.8) is 0 Å². The molecule has 2 heteroatoms. The molecule has 1 aromatic carbocycles. The lowest BCUT2D eigenvalue weighted by Crippen LogP contribution is -2.28. The summed E-state index contributed by atoms with van der Waals surface area (Å²) in [7, 11) is 0. The monoisotopic (exact) mass is 289 g/mol. The Morgan fingerprint density at radius 2 is 1.90 bits per heavy atom. The van der Waals surface area contributed by atoms with E-state index in [2.05, 4.69) is 43.4 Å². The van der Waals surface area contributed by atoms with E-state index in [0.717, 1.165) is 31.2 Å². The van der Waals surface area contributed by atoms with Crippen LogP contribution in [0.2, 0.25) is 0 Å². The van der Waals surface area contributed by atoms with Crippen molar-refractivity contribution in [3.8, 4) is 5.75 Å². The summed E-state index contributed by atoms with van der Waals surface area (Å²) in [6.45, 7) is 6.31. The van der Waals surface area contributed by atoms with Crippen LogP contribution in [0.5, 0.6) is 5.75 Å². The molecular formula is C19H31NO. The number of hydrogen-bond donors (Lipinski definition) is 1. The summed E-state index contributed by atoms with van der Waals surface area (Å²) in [5, 5.41) is 3.70. The molecule has 1 unspecified atom stereocenters. The van der Waals surface area contributed by atoms with E-state index in [1.165, 1.54) is 44.1 Å². The Kier molecular flexibility index (Phi) is 7.08. The van der Waals surface area contributed by atoms with Crippen LogP contribution in [0.1, 0.15) is 64.4 Å². The molecule has 1 fully saturated rings. The van der Waals surface area contributed by atoms with Gasteiger partial charge in [0.2, 0.25) is 0 Å². The van der Waals surface area contributed by atoms with Crippen LogP contribution in [0, 0.1) is 5.92 Å². The fraction of sp³-hybridized carbons (Fsp3) is 0.684. The first kappa shape index (κ1) is 16.4. The third kappa shape index (κ3) is 6.52. The summed E-state index contributed by atoms with van der Waals surface area (Å²) >= 11 is 0. The molecule has 1 aromatic rings. The SMILES string of the molecule is CCCCCOc1ccc(CNC(CC)CC2CC2)cc1. The minimum Gasteiger partial charge on any atom is -0.494 e. The van der Waals surface area contributed by atoms with Crippen molar-refractivity contribution in [1.29, 1.82) is 0 Å². The van der Waals surface area contributed by atoms with E-state index < -0.39 is 0 Å². The van der Waals surface area contributed by atoms with Gasteiger partial charge in [-0.1, -0.05) is 51.7 Å².